The van der Waals surface area contributed by atoms with Crippen molar-refractivity contribution >= 4 is 11.1 Å². The van der Waals surface area contributed by atoms with E-state index in [9.17, 15) is 0 Å². The first kappa shape index (κ1) is 12.5. The molecule has 1 N–H and O–H groups in total. The van der Waals surface area contributed by atoms with Crippen LogP contribution in [0, 0.1) is 5.92 Å². The first-order valence-corrected chi connectivity index (χ1v) is 7.11. The van der Waals surface area contributed by atoms with E-state index in [1.807, 2.05) is 24.3 Å². The van der Waals surface area contributed by atoms with E-state index in [0.29, 0.717) is 12.7 Å². The van der Waals surface area contributed by atoms with Gasteiger partial charge in [-0.05, 0) is 56.8 Å². The van der Waals surface area contributed by atoms with Gasteiger partial charge < -0.3 is 14.5 Å². The summed E-state index contributed by atoms with van der Waals surface area (Å²) >= 11 is 0. The third-order valence-corrected chi connectivity index (χ3v) is 3.72. The Morgan fingerprint density at radius 3 is 2.95 bits per heavy atom. The average Bonchev–Trinajstić information content (AvgIpc) is 2.87. The van der Waals surface area contributed by atoms with Gasteiger partial charge in [0, 0.05) is 0 Å². The number of nitrogens with zero attached hydrogens (tertiary/aromatic N) is 1. The van der Waals surface area contributed by atoms with Crippen LogP contribution >= 0.6 is 0 Å². The predicted molar refractivity (Wildman–Crippen MR) is 74.3 cm³/mol. The SMILES string of the molecule is c1ccc2oc(OCCCC3CCNCC3)nc2c1. The van der Waals surface area contributed by atoms with Gasteiger partial charge in [0.25, 0.3) is 0 Å². The molecule has 1 aliphatic rings. The number of piperidine rings is 1. The maximum atomic E-state index is 5.59. The quantitative estimate of drug-likeness (QED) is 0.840. The number of para-hydroxylation sites is 2. The highest BCUT2D eigenvalue weighted by Gasteiger charge is 2.12. The maximum Gasteiger partial charge on any atom is 0.394 e. The standard InChI is InChI=1S/C15H20N2O2/c1-2-6-14-13(5-1)17-15(19-14)18-11-3-4-12-7-9-16-10-8-12/h1-2,5-6,12,16H,3-4,7-11H2. The Morgan fingerprint density at radius 2 is 2.11 bits per heavy atom. The summed E-state index contributed by atoms with van der Waals surface area (Å²) in [6, 6.07) is 7.73. The zero-order valence-electron chi connectivity index (χ0n) is 11.1. The minimum atomic E-state index is 0.395. The van der Waals surface area contributed by atoms with Gasteiger partial charge >= 0.3 is 6.08 Å². The number of hydrogen-bond donors (Lipinski definition) is 1. The summed E-state index contributed by atoms with van der Waals surface area (Å²) < 4.78 is 11.1. The number of hydrogen-bond acceptors (Lipinski definition) is 4. The van der Waals surface area contributed by atoms with Crippen molar-refractivity contribution in [2.24, 2.45) is 5.92 Å². The number of rotatable bonds is 5. The number of benzene rings is 1. The Labute approximate surface area is 113 Å². The van der Waals surface area contributed by atoms with E-state index >= 15 is 0 Å². The Bertz CT molecular complexity index is 485. The van der Waals surface area contributed by atoms with Crippen LogP contribution in [0.3, 0.4) is 0 Å². The van der Waals surface area contributed by atoms with E-state index in [1.165, 1.54) is 19.3 Å². The lowest BCUT2D eigenvalue weighted by molar-refractivity contribution is 0.218. The van der Waals surface area contributed by atoms with Crippen LogP contribution in [0.25, 0.3) is 11.1 Å². The van der Waals surface area contributed by atoms with Crippen molar-refractivity contribution in [3.63, 3.8) is 0 Å². The van der Waals surface area contributed by atoms with Crippen LogP contribution in [0.4, 0.5) is 0 Å². The molecule has 0 atom stereocenters. The minimum absolute atomic E-state index is 0.395. The first-order valence-electron chi connectivity index (χ1n) is 7.11. The summed E-state index contributed by atoms with van der Waals surface area (Å²) in [5.74, 6) is 0.855. The van der Waals surface area contributed by atoms with Crippen LogP contribution in [0.1, 0.15) is 25.7 Å². The van der Waals surface area contributed by atoms with Crippen LogP contribution in [-0.2, 0) is 0 Å². The summed E-state index contributed by atoms with van der Waals surface area (Å²) in [5.41, 5.74) is 1.65. The van der Waals surface area contributed by atoms with Gasteiger partial charge in [-0.3, -0.25) is 0 Å². The van der Waals surface area contributed by atoms with Crippen LogP contribution in [0.5, 0.6) is 6.08 Å². The van der Waals surface area contributed by atoms with Gasteiger partial charge in [0.05, 0.1) is 6.61 Å². The summed E-state index contributed by atoms with van der Waals surface area (Å²) in [6.07, 6.45) is 5.29. The predicted octanol–water partition coefficient (Wildman–Crippen LogP) is 2.99. The number of oxazole rings is 1. The normalized spacial score (nSPS) is 16.8. The van der Waals surface area contributed by atoms with Gasteiger partial charge in [0.15, 0.2) is 5.58 Å². The van der Waals surface area contributed by atoms with Gasteiger partial charge in [-0.25, -0.2) is 0 Å². The third-order valence-electron chi connectivity index (χ3n) is 3.72. The molecule has 0 saturated carbocycles. The van der Waals surface area contributed by atoms with Crippen LogP contribution in [-0.4, -0.2) is 24.7 Å². The molecule has 2 heterocycles. The Balaban J connectivity index is 1.44. The number of nitrogens with one attached hydrogen (secondary N) is 1. The fraction of sp³-hybridized carbons (Fsp3) is 0.533. The van der Waals surface area contributed by atoms with Crippen molar-refractivity contribution in [3.8, 4) is 6.08 Å². The minimum Gasteiger partial charge on any atom is -0.450 e. The molecule has 0 spiro atoms. The molecule has 0 radical (unpaired) electrons. The van der Waals surface area contributed by atoms with E-state index in [4.69, 9.17) is 9.15 Å². The van der Waals surface area contributed by atoms with Gasteiger partial charge in [-0.15, -0.1) is 0 Å². The molecule has 0 bridgehead atoms. The van der Waals surface area contributed by atoms with Crippen molar-refractivity contribution in [2.75, 3.05) is 19.7 Å². The second-order valence-electron chi connectivity index (χ2n) is 5.13. The Hall–Kier alpha value is -1.55. The van der Waals surface area contributed by atoms with E-state index < -0.39 is 0 Å². The molecule has 3 rings (SSSR count). The highest BCUT2D eigenvalue weighted by atomic mass is 16.6. The molecule has 1 aliphatic heterocycles. The molecule has 4 heteroatoms. The van der Waals surface area contributed by atoms with Crippen molar-refractivity contribution in [1.82, 2.24) is 10.3 Å². The molecule has 2 aromatic rings. The Kier molecular flexibility index (Phi) is 3.98. The molecule has 19 heavy (non-hydrogen) atoms. The lowest BCUT2D eigenvalue weighted by Gasteiger charge is -2.22. The van der Waals surface area contributed by atoms with Gasteiger partial charge in [-0.1, -0.05) is 12.1 Å². The van der Waals surface area contributed by atoms with Crippen molar-refractivity contribution in [3.05, 3.63) is 24.3 Å². The van der Waals surface area contributed by atoms with Crippen LogP contribution in [0.2, 0.25) is 0 Å². The number of ether oxygens (including phenoxy) is 1. The molecule has 1 aromatic carbocycles. The van der Waals surface area contributed by atoms with Crippen LogP contribution in [0.15, 0.2) is 28.7 Å². The number of aromatic nitrogens is 1. The topological polar surface area (TPSA) is 47.3 Å². The smallest absolute Gasteiger partial charge is 0.394 e. The van der Waals surface area contributed by atoms with Gasteiger partial charge in [0.1, 0.15) is 5.52 Å². The van der Waals surface area contributed by atoms with Crippen LogP contribution < -0.4 is 10.1 Å². The fourth-order valence-corrected chi connectivity index (χ4v) is 2.61. The summed E-state index contributed by atoms with van der Waals surface area (Å²) in [7, 11) is 0. The molecule has 0 aliphatic carbocycles. The molecule has 0 unspecified atom stereocenters. The second kappa shape index (κ2) is 6.06. The number of fused-ring (bicyclic) bond motifs is 1. The lowest BCUT2D eigenvalue weighted by Crippen LogP contribution is -2.27. The van der Waals surface area contributed by atoms with E-state index in [2.05, 4.69) is 10.3 Å². The molecule has 1 fully saturated rings. The molecular weight excluding hydrogens is 240 g/mol. The second-order valence-corrected chi connectivity index (χ2v) is 5.13. The first-order chi connectivity index (χ1) is 9.42. The Morgan fingerprint density at radius 1 is 1.26 bits per heavy atom. The summed E-state index contributed by atoms with van der Waals surface area (Å²) in [4.78, 5) is 4.30. The average molecular weight is 260 g/mol. The lowest BCUT2D eigenvalue weighted by atomic mass is 9.93. The van der Waals surface area contributed by atoms with Crippen molar-refractivity contribution in [1.29, 1.82) is 0 Å². The largest absolute Gasteiger partial charge is 0.450 e. The molecule has 1 saturated heterocycles. The maximum absolute atomic E-state index is 5.59. The van der Waals surface area contributed by atoms with Crippen molar-refractivity contribution in [2.45, 2.75) is 25.7 Å². The van der Waals surface area contributed by atoms with E-state index in [-0.39, 0.29) is 0 Å². The zero-order valence-corrected chi connectivity index (χ0v) is 11.1. The molecule has 4 nitrogen and oxygen atoms in total. The summed E-state index contributed by atoms with van der Waals surface area (Å²) in [5, 5.41) is 3.39. The highest BCUT2D eigenvalue weighted by molar-refractivity contribution is 5.72. The molecule has 102 valence electrons. The van der Waals surface area contributed by atoms with Crippen molar-refractivity contribution < 1.29 is 9.15 Å². The highest BCUT2D eigenvalue weighted by Crippen LogP contribution is 2.21. The monoisotopic (exact) mass is 260 g/mol. The van der Waals surface area contributed by atoms with Gasteiger partial charge in [0.2, 0.25) is 0 Å². The molecular formula is C15H20N2O2. The molecule has 1 aromatic heterocycles. The van der Waals surface area contributed by atoms with Gasteiger partial charge in [-0.2, -0.15) is 4.98 Å². The zero-order chi connectivity index (χ0) is 12.9. The molecule has 0 amide bonds. The van der Waals surface area contributed by atoms with E-state index in [1.54, 1.807) is 0 Å². The van der Waals surface area contributed by atoms with E-state index in [0.717, 1.165) is 36.5 Å². The summed E-state index contributed by atoms with van der Waals surface area (Å²) in [6.45, 7) is 3.02. The fourth-order valence-electron chi connectivity index (χ4n) is 2.61. The third kappa shape index (κ3) is 3.26.